The Balaban J connectivity index is 1.61. The minimum Gasteiger partial charge on any atom is -0.463 e. The van der Waals surface area contributed by atoms with Crippen LogP contribution < -0.4 is 14.8 Å². The van der Waals surface area contributed by atoms with E-state index in [1.54, 1.807) is 23.9 Å². The maximum absolute atomic E-state index is 12.2. The molecule has 2 atom stereocenters. The molecule has 2 aromatic carbocycles. The summed E-state index contributed by atoms with van der Waals surface area (Å²) in [6.45, 7) is 2.40. The number of rotatable bonds is 9. The van der Waals surface area contributed by atoms with E-state index in [9.17, 15) is 14.7 Å². The highest BCUT2D eigenvalue weighted by Crippen LogP contribution is 2.41. The van der Waals surface area contributed by atoms with Gasteiger partial charge in [-0.3, -0.25) is 0 Å². The minimum atomic E-state index is -2.30. The second-order valence-corrected chi connectivity index (χ2v) is 8.27. The number of benzene rings is 2. The fourth-order valence-corrected chi connectivity index (χ4v) is 3.78. The van der Waals surface area contributed by atoms with Gasteiger partial charge in [-0.25, -0.2) is 9.59 Å². The van der Waals surface area contributed by atoms with E-state index >= 15 is 0 Å². The van der Waals surface area contributed by atoms with Crippen LogP contribution in [0.4, 0.5) is 0 Å². The number of fused-ring (bicyclic) bond motifs is 1. The van der Waals surface area contributed by atoms with Gasteiger partial charge < -0.3 is 29.4 Å². The Morgan fingerprint density at radius 3 is 2.28 bits per heavy atom. The zero-order valence-electron chi connectivity index (χ0n) is 18.4. The van der Waals surface area contributed by atoms with Crippen molar-refractivity contribution in [1.29, 1.82) is 0 Å². The van der Waals surface area contributed by atoms with Crippen molar-refractivity contribution in [1.82, 2.24) is 5.32 Å². The van der Waals surface area contributed by atoms with Crippen molar-refractivity contribution in [2.45, 2.75) is 36.2 Å². The number of carbonyl (C=O) groups excluding carboxylic acids is 2. The van der Waals surface area contributed by atoms with Crippen molar-refractivity contribution < 1.29 is 33.6 Å². The van der Waals surface area contributed by atoms with Crippen molar-refractivity contribution in [2.24, 2.45) is 0 Å². The van der Waals surface area contributed by atoms with Gasteiger partial charge in [-0.05, 0) is 55.0 Å². The second kappa shape index (κ2) is 10.2. The molecule has 0 fully saturated rings. The molecule has 172 valence electrons. The van der Waals surface area contributed by atoms with Crippen LogP contribution in [0, 0.1) is 0 Å². The topological polar surface area (TPSA) is 103 Å². The molecule has 0 aromatic heterocycles. The molecule has 9 heteroatoms. The fourth-order valence-electron chi connectivity index (χ4n) is 3.38. The Morgan fingerprint density at radius 1 is 1.06 bits per heavy atom. The smallest absolute Gasteiger partial charge is 0.453 e. The number of ether oxygens (including phenoxy) is 4. The number of thioether (sulfide) groups is 1. The molecule has 2 unspecified atom stereocenters. The summed E-state index contributed by atoms with van der Waals surface area (Å²) < 4.78 is 20.4. The Bertz CT molecular complexity index is 947. The van der Waals surface area contributed by atoms with Crippen LogP contribution in [0.25, 0.3) is 0 Å². The first-order valence-corrected chi connectivity index (χ1v) is 11.3. The summed E-state index contributed by atoms with van der Waals surface area (Å²) in [6, 6.07) is 13.0. The first-order chi connectivity index (χ1) is 15.3. The number of methoxy groups -OCH3 is 2. The van der Waals surface area contributed by atoms with Gasteiger partial charge in [0.15, 0.2) is 11.5 Å². The molecular weight excluding hydrogens is 434 g/mol. The Labute approximate surface area is 191 Å². The van der Waals surface area contributed by atoms with E-state index in [1.807, 2.05) is 43.5 Å². The number of nitrogens with one attached hydrogen (secondary N) is 1. The summed E-state index contributed by atoms with van der Waals surface area (Å²) in [5.74, 6) is -3.81. The Hall–Kier alpha value is -2.75. The molecule has 1 heterocycles. The van der Waals surface area contributed by atoms with Gasteiger partial charge in [-0.2, -0.15) is 0 Å². The third-order valence-corrected chi connectivity index (χ3v) is 5.87. The molecule has 32 heavy (non-hydrogen) atoms. The van der Waals surface area contributed by atoms with E-state index in [1.165, 1.54) is 0 Å². The van der Waals surface area contributed by atoms with E-state index in [4.69, 9.17) is 9.47 Å². The summed E-state index contributed by atoms with van der Waals surface area (Å²) in [5, 5.41) is 13.8. The third-order valence-electron chi connectivity index (χ3n) is 5.13. The van der Waals surface area contributed by atoms with E-state index in [-0.39, 0.29) is 17.5 Å². The molecule has 0 saturated carbocycles. The summed E-state index contributed by atoms with van der Waals surface area (Å²) in [6.07, 6.45) is 2.01. The molecule has 0 radical (unpaired) electrons. The molecule has 0 spiro atoms. The third kappa shape index (κ3) is 5.01. The number of aliphatic hydroxyl groups excluding tert-OH is 1. The van der Waals surface area contributed by atoms with Crippen molar-refractivity contribution in [3.63, 3.8) is 0 Å². The molecule has 1 aliphatic rings. The molecular formula is C23H27NO7S. The normalized spacial score (nSPS) is 15.7. The Kier molecular flexibility index (Phi) is 7.65. The predicted molar refractivity (Wildman–Crippen MR) is 119 cm³/mol. The highest BCUT2D eigenvalue weighted by Gasteiger charge is 2.59. The van der Waals surface area contributed by atoms with Crippen molar-refractivity contribution in [3.8, 4) is 11.5 Å². The molecule has 0 saturated heterocycles. The van der Waals surface area contributed by atoms with Crippen LogP contribution in [-0.2, 0) is 25.5 Å². The number of esters is 2. The van der Waals surface area contributed by atoms with Gasteiger partial charge in [0.1, 0.15) is 0 Å². The minimum absolute atomic E-state index is 0.0430. The van der Waals surface area contributed by atoms with Crippen LogP contribution in [0.5, 0.6) is 11.5 Å². The van der Waals surface area contributed by atoms with Crippen molar-refractivity contribution in [2.75, 3.05) is 27.0 Å². The summed E-state index contributed by atoms with van der Waals surface area (Å²) in [4.78, 5) is 25.5. The summed E-state index contributed by atoms with van der Waals surface area (Å²) in [7, 11) is 2.26. The highest BCUT2D eigenvalue weighted by molar-refractivity contribution is 7.98. The monoisotopic (exact) mass is 461 g/mol. The van der Waals surface area contributed by atoms with Crippen LogP contribution in [0.1, 0.15) is 24.2 Å². The lowest BCUT2D eigenvalue weighted by atomic mass is 10.1. The molecule has 0 amide bonds. The fraction of sp³-hybridized carbons (Fsp3) is 0.391. The highest BCUT2D eigenvalue weighted by atomic mass is 32.2. The van der Waals surface area contributed by atoms with Crippen molar-refractivity contribution in [3.05, 3.63) is 53.6 Å². The van der Waals surface area contributed by atoms with E-state index in [2.05, 4.69) is 14.8 Å². The zero-order chi connectivity index (χ0) is 23.3. The standard InChI is InChI=1S/C23H27NO7S/c1-14(24-13-18(25)16-6-8-17(32-4)9-7-16)11-15-5-10-19-20(12-15)31-23(30-19,21(26)28-2)22(27)29-3/h5-10,12,14,18,24-25H,11,13H2,1-4H3. The van der Waals surface area contributed by atoms with Crippen LogP contribution in [0.2, 0.25) is 0 Å². The number of hydrogen-bond donors (Lipinski definition) is 2. The van der Waals surface area contributed by atoms with E-state index in [0.29, 0.717) is 13.0 Å². The van der Waals surface area contributed by atoms with Crippen LogP contribution in [0.15, 0.2) is 47.4 Å². The quantitative estimate of drug-likeness (QED) is 0.331. The lowest BCUT2D eigenvalue weighted by Gasteiger charge is -2.21. The van der Waals surface area contributed by atoms with Gasteiger partial charge in [0.25, 0.3) is 0 Å². The van der Waals surface area contributed by atoms with Gasteiger partial charge in [0.2, 0.25) is 0 Å². The lowest BCUT2D eigenvalue weighted by Crippen LogP contribution is -2.55. The van der Waals surface area contributed by atoms with Gasteiger partial charge in [-0.15, -0.1) is 11.8 Å². The average molecular weight is 462 g/mol. The van der Waals surface area contributed by atoms with Crippen LogP contribution in [-0.4, -0.2) is 55.9 Å². The average Bonchev–Trinajstić information content (AvgIpc) is 3.21. The maximum Gasteiger partial charge on any atom is 0.453 e. The largest absolute Gasteiger partial charge is 0.463 e. The molecule has 2 N–H and O–H groups in total. The SMILES string of the molecule is COC(=O)C1(C(=O)OC)Oc2ccc(CC(C)NCC(O)c3ccc(SC)cc3)cc2O1. The van der Waals surface area contributed by atoms with E-state index in [0.717, 1.165) is 30.2 Å². The summed E-state index contributed by atoms with van der Waals surface area (Å²) in [5.41, 5.74) is 1.75. The lowest BCUT2D eigenvalue weighted by molar-refractivity contribution is -0.199. The molecule has 0 aliphatic carbocycles. The van der Waals surface area contributed by atoms with E-state index < -0.39 is 23.8 Å². The number of hydrogen-bond acceptors (Lipinski definition) is 9. The number of carbonyl (C=O) groups is 2. The first-order valence-electron chi connectivity index (χ1n) is 10.1. The van der Waals surface area contributed by atoms with Gasteiger partial charge in [0, 0.05) is 17.5 Å². The van der Waals surface area contributed by atoms with Crippen molar-refractivity contribution >= 4 is 23.7 Å². The van der Waals surface area contributed by atoms with Gasteiger partial charge in [-0.1, -0.05) is 18.2 Å². The van der Waals surface area contributed by atoms with Crippen LogP contribution >= 0.6 is 11.8 Å². The summed E-state index contributed by atoms with van der Waals surface area (Å²) >= 11 is 1.65. The Morgan fingerprint density at radius 2 is 1.69 bits per heavy atom. The molecule has 0 bridgehead atoms. The molecule has 8 nitrogen and oxygen atoms in total. The van der Waals surface area contributed by atoms with Crippen LogP contribution in [0.3, 0.4) is 0 Å². The molecule has 1 aliphatic heterocycles. The number of aliphatic hydroxyl groups is 1. The predicted octanol–water partition coefficient (Wildman–Crippen LogP) is 2.48. The van der Waals surface area contributed by atoms with Gasteiger partial charge in [0.05, 0.1) is 20.3 Å². The van der Waals surface area contributed by atoms with Gasteiger partial charge >= 0.3 is 17.7 Å². The molecule has 2 aromatic rings. The maximum atomic E-state index is 12.2. The zero-order valence-corrected chi connectivity index (χ0v) is 19.2. The second-order valence-electron chi connectivity index (χ2n) is 7.39. The first kappa shape index (κ1) is 23.9. The molecule has 3 rings (SSSR count).